The van der Waals surface area contributed by atoms with Crippen molar-refractivity contribution in [1.82, 2.24) is 10.2 Å². The summed E-state index contributed by atoms with van der Waals surface area (Å²) in [5.74, 6) is -1.12. The summed E-state index contributed by atoms with van der Waals surface area (Å²) in [6.45, 7) is 2.04. The predicted molar refractivity (Wildman–Crippen MR) is 71.7 cm³/mol. The van der Waals surface area contributed by atoms with Gasteiger partial charge in [0.15, 0.2) is 0 Å². The van der Waals surface area contributed by atoms with E-state index in [-0.39, 0.29) is 23.8 Å². The van der Waals surface area contributed by atoms with Crippen LogP contribution >= 0.6 is 0 Å². The van der Waals surface area contributed by atoms with E-state index in [1.165, 1.54) is 0 Å². The van der Waals surface area contributed by atoms with Crippen molar-refractivity contribution in [1.29, 1.82) is 0 Å². The van der Waals surface area contributed by atoms with Gasteiger partial charge in [-0.2, -0.15) is 0 Å². The Bertz CT molecular complexity index is 338. The lowest BCUT2D eigenvalue weighted by Gasteiger charge is -2.32. The van der Waals surface area contributed by atoms with Crippen LogP contribution in [0.25, 0.3) is 0 Å². The summed E-state index contributed by atoms with van der Waals surface area (Å²) in [7, 11) is 2.09. The number of rotatable bonds is 3. The van der Waals surface area contributed by atoms with E-state index in [0.29, 0.717) is 12.8 Å². The first-order chi connectivity index (χ1) is 9.06. The van der Waals surface area contributed by atoms with Gasteiger partial charge in [0.1, 0.15) is 0 Å². The number of nitrogens with zero attached hydrogens (tertiary/aromatic N) is 1. The van der Waals surface area contributed by atoms with Gasteiger partial charge in [0.2, 0.25) is 5.91 Å². The molecule has 0 aromatic rings. The average molecular weight is 268 g/mol. The quantitative estimate of drug-likeness (QED) is 0.804. The number of carbonyl (C=O) groups is 2. The lowest BCUT2D eigenvalue weighted by atomic mass is 9.81. The fraction of sp³-hybridized carbons (Fsp3) is 0.857. The molecule has 1 saturated heterocycles. The molecule has 2 fully saturated rings. The van der Waals surface area contributed by atoms with Gasteiger partial charge < -0.3 is 15.3 Å². The van der Waals surface area contributed by atoms with E-state index in [1.54, 1.807) is 0 Å². The summed E-state index contributed by atoms with van der Waals surface area (Å²) >= 11 is 0. The van der Waals surface area contributed by atoms with Crippen molar-refractivity contribution in [2.24, 2.45) is 11.8 Å². The molecule has 2 N–H and O–H groups in total. The lowest BCUT2D eigenvalue weighted by Crippen LogP contribution is -2.46. The molecular weight excluding hydrogens is 244 g/mol. The van der Waals surface area contributed by atoms with Gasteiger partial charge in [0.05, 0.1) is 5.92 Å². The fourth-order valence-corrected chi connectivity index (χ4v) is 3.12. The number of amides is 1. The molecule has 0 aromatic heterocycles. The summed E-state index contributed by atoms with van der Waals surface area (Å²) in [5.41, 5.74) is 0. The third kappa shape index (κ3) is 3.93. The van der Waals surface area contributed by atoms with Crippen molar-refractivity contribution in [2.75, 3.05) is 20.1 Å². The van der Waals surface area contributed by atoms with E-state index < -0.39 is 5.97 Å². The van der Waals surface area contributed by atoms with Crippen molar-refractivity contribution in [3.8, 4) is 0 Å². The number of nitrogens with one attached hydrogen (secondary N) is 1. The summed E-state index contributed by atoms with van der Waals surface area (Å²) in [4.78, 5) is 25.5. The average Bonchev–Trinajstić information content (AvgIpc) is 2.41. The SMILES string of the molecule is CN1CCC(NC(=O)C2CCCC(C(=O)O)C2)CC1. The zero-order valence-corrected chi connectivity index (χ0v) is 11.6. The minimum atomic E-state index is -0.753. The molecule has 0 aromatic carbocycles. The van der Waals surface area contributed by atoms with Crippen LogP contribution in [-0.4, -0.2) is 48.1 Å². The highest BCUT2D eigenvalue weighted by Gasteiger charge is 2.32. The minimum Gasteiger partial charge on any atom is -0.481 e. The zero-order valence-electron chi connectivity index (χ0n) is 11.6. The number of hydrogen-bond donors (Lipinski definition) is 2. The largest absolute Gasteiger partial charge is 0.481 e. The molecule has 1 saturated carbocycles. The maximum atomic E-state index is 12.2. The van der Waals surface area contributed by atoms with Gasteiger partial charge in [-0.3, -0.25) is 9.59 Å². The second kappa shape index (κ2) is 6.37. The van der Waals surface area contributed by atoms with Crippen LogP contribution in [0.5, 0.6) is 0 Å². The highest BCUT2D eigenvalue weighted by atomic mass is 16.4. The van der Waals surface area contributed by atoms with Crippen molar-refractivity contribution >= 4 is 11.9 Å². The Kier molecular flexibility index (Phi) is 4.80. The predicted octanol–water partition coefficient (Wildman–Crippen LogP) is 1.09. The Morgan fingerprint density at radius 1 is 1.11 bits per heavy atom. The third-order valence-corrected chi connectivity index (χ3v) is 4.46. The highest BCUT2D eigenvalue weighted by molar-refractivity contribution is 5.80. The van der Waals surface area contributed by atoms with Crippen molar-refractivity contribution < 1.29 is 14.7 Å². The number of piperidine rings is 1. The highest BCUT2D eigenvalue weighted by Crippen LogP contribution is 2.29. The van der Waals surface area contributed by atoms with E-state index >= 15 is 0 Å². The Hall–Kier alpha value is -1.10. The summed E-state index contributed by atoms with van der Waals surface area (Å²) in [6.07, 6.45) is 4.90. The van der Waals surface area contributed by atoms with Crippen LogP contribution in [0, 0.1) is 11.8 Å². The van der Waals surface area contributed by atoms with Crippen LogP contribution in [0.15, 0.2) is 0 Å². The molecule has 2 aliphatic rings. The molecule has 5 heteroatoms. The monoisotopic (exact) mass is 268 g/mol. The van der Waals surface area contributed by atoms with Gasteiger partial charge in [0, 0.05) is 12.0 Å². The molecule has 0 radical (unpaired) electrons. The van der Waals surface area contributed by atoms with Gasteiger partial charge in [-0.05, 0) is 52.2 Å². The van der Waals surface area contributed by atoms with Crippen LogP contribution < -0.4 is 5.32 Å². The van der Waals surface area contributed by atoms with Gasteiger partial charge in [-0.25, -0.2) is 0 Å². The minimum absolute atomic E-state index is 0.0699. The molecule has 1 aliphatic carbocycles. The first-order valence-corrected chi connectivity index (χ1v) is 7.28. The maximum Gasteiger partial charge on any atom is 0.306 e. The Morgan fingerprint density at radius 2 is 1.74 bits per heavy atom. The molecule has 2 unspecified atom stereocenters. The number of aliphatic carboxylic acids is 1. The molecule has 5 nitrogen and oxygen atoms in total. The zero-order chi connectivity index (χ0) is 13.8. The summed E-state index contributed by atoms with van der Waals surface area (Å²) in [5, 5.41) is 12.2. The second-order valence-electron chi connectivity index (χ2n) is 5.98. The molecule has 108 valence electrons. The topological polar surface area (TPSA) is 69.6 Å². The lowest BCUT2D eigenvalue weighted by molar-refractivity contribution is -0.144. The molecule has 2 atom stereocenters. The van der Waals surface area contributed by atoms with Crippen LogP contribution in [-0.2, 0) is 9.59 Å². The molecule has 0 bridgehead atoms. The number of carboxylic acid groups (broad SMARTS) is 1. The fourth-order valence-electron chi connectivity index (χ4n) is 3.12. The Labute approximate surface area is 114 Å². The number of likely N-dealkylation sites (tertiary alicyclic amines) is 1. The van der Waals surface area contributed by atoms with Gasteiger partial charge >= 0.3 is 5.97 Å². The van der Waals surface area contributed by atoms with E-state index in [0.717, 1.165) is 38.8 Å². The molecule has 1 amide bonds. The molecule has 19 heavy (non-hydrogen) atoms. The standard InChI is InChI=1S/C14H24N2O3/c1-16-7-5-12(6-8-16)15-13(17)10-3-2-4-11(9-10)14(18)19/h10-12H,2-9H2,1H3,(H,15,17)(H,18,19). The first-order valence-electron chi connectivity index (χ1n) is 7.28. The van der Waals surface area contributed by atoms with Crippen molar-refractivity contribution in [2.45, 2.75) is 44.6 Å². The van der Waals surface area contributed by atoms with E-state index in [1.807, 2.05) is 0 Å². The van der Waals surface area contributed by atoms with Gasteiger partial charge in [0.25, 0.3) is 0 Å². The van der Waals surface area contributed by atoms with Gasteiger partial charge in [-0.15, -0.1) is 0 Å². The molecule has 2 rings (SSSR count). The molecule has 0 spiro atoms. The van der Waals surface area contributed by atoms with Crippen LogP contribution in [0.2, 0.25) is 0 Å². The first kappa shape index (κ1) is 14.3. The molecule has 1 heterocycles. The van der Waals surface area contributed by atoms with Crippen LogP contribution in [0.4, 0.5) is 0 Å². The van der Waals surface area contributed by atoms with Gasteiger partial charge in [-0.1, -0.05) is 6.42 Å². The second-order valence-corrected chi connectivity index (χ2v) is 5.98. The normalized spacial score (nSPS) is 29.9. The van der Waals surface area contributed by atoms with Crippen molar-refractivity contribution in [3.63, 3.8) is 0 Å². The summed E-state index contributed by atoms with van der Waals surface area (Å²) in [6, 6.07) is 0.272. The van der Waals surface area contributed by atoms with E-state index in [2.05, 4.69) is 17.3 Å². The number of hydrogen-bond acceptors (Lipinski definition) is 3. The third-order valence-electron chi connectivity index (χ3n) is 4.46. The summed E-state index contributed by atoms with van der Waals surface area (Å²) < 4.78 is 0. The number of carboxylic acids is 1. The smallest absolute Gasteiger partial charge is 0.306 e. The Morgan fingerprint density at radius 3 is 2.37 bits per heavy atom. The molecule has 1 aliphatic heterocycles. The van der Waals surface area contributed by atoms with Crippen molar-refractivity contribution in [3.05, 3.63) is 0 Å². The van der Waals surface area contributed by atoms with E-state index in [9.17, 15) is 9.59 Å². The van der Waals surface area contributed by atoms with Crippen LogP contribution in [0.1, 0.15) is 38.5 Å². The maximum absolute atomic E-state index is 12.2. The Balaban J connectivity index is 1.80. The van der Waals surface area contributed by atoms with Crippen LogP contribution in [0.3, 0.4) is 0 Å². The molecular formula is C14H24N2O3. The number of carbonyl (C=O) groups excluding carboxylic acids is 1. The van der Waals surface area contributed by atoms with E-state index in [4.69, 9.17) is 5.11 Å².